The number of hydrogen-bond donors (Lipinski definition) is 1. The first-order valence-corrected chi connectivity index (χ1v) is 6.67. The van der Waals surface area contributed by atoms with Crippen LogP contribution in [0.5, 0.6) is 0 Å². The zero-order valence-corrected chi connectivity index (χ0v) is 11.7. The zero-order chi connectivity index (χ0) is 13.9. The van der Waals surface area contributed by atoms with E-state index in [1.54, 1.807) is 12.5 Å². The largest absolute Gasteiger partial charge is 0.349 e. The molecule has 0 radical (unpaired) electrons. The minimum atomic E-state index is 0.194. The molecule has 0 aromatic carbocycles. The summed E-state index contributed by atoms with van der Waals surface area (Å²) in [5.41, 5.74) is 2.32. The van der Waals surface area contributed by atoms with E-state index in [9.17, 15) is 0 Å². The van der Waals surface area contributed by atoms with Crippen molar-refractivity contribution in [2.45, 2.75) is 13.5 Å². The summed E-state index contributed by atoms with van der Waals surface area (Å²) in [5, 5.41) is 0.194. The van der Waals surface area contributed by atoms with Crippen molar-refractivity contribution >= 4 is 28.6 Å². The SMILES string of the molecule is CCN(Cc1ccccn1)c1nc(Cl)nc2nc[nH]c12. The van der Waals surface area contributed by atoms with Crippen molar-refractivity contribution in [1.29, 1.82) is 0 Å². The van der Waals surface area contributed by atoms with Gasteiger partial charge in [-0.15, -0.1) is 0 Å². The Morgan fingerprint density at radius 1 is 1.25 bits per heavy atom. The van der Waals surface area contributed by atoms with E-state index in [4.69, 9.17) is 11.6 Å². The standard InChI is InChI=1S/C13H13ClN6/c1-2-20(7-9-5-3-4-6-15-9)12-10-11(17-8-16-10)18-13(14)19-12/h3-6,8H,2,7H2,1H3,(H,16,17,18,19). The van der Waals surface area contributed by atoms with Crippen LogP contribution in [-0.2, 0) is 6.54 Å². The Bertz CT molecular complexity index is 711. The second-order valence-corrected chi connectivity index (χ2v) is 4.59. The van der Waals surface area contributed by atoms with E-state index in [2.05, 4.69) is 36.7 Å². The van der Waals surface area contributed by atoms with Gasteiger partial charge in [0.2, 0.25) is 5.28 Å². The van der Waals surface area contributed by atoms with Crippen molar-refractivity contribution in [2.24, 2.45) is 0 Å². The van der Waals surface area contributed by atoms with Gasteiger partial charge in [0, 0.05) is 12.7 Å². The van der Waals surface area contributed by atoms with Gasteiger partial charge in [0.05, 0.1) is 18.6 Å². The van der Waals surface area contributed by atoms with Gasteiger partial charge in [-0.1, -0.05) is 6.07 Å². The Kier molecular flexibility index (Phi) is 3.47. The van der Waals surface area contributed by atoms with E-state index in [1.165, 1.54) is 0 Å². The fourth-order valence-electron chi connectivity index (χ4n) is 2.04. The van der Waals surface area contributed by atoms with Gasteiger partial charge in [0.1, 0.15) is 5.52 Å². The van der Waals surface area contributed by atoms with Gasteiger partial charge in [-0.2, -0.15) is 9.97 Å². The summed E-state index contributed by atoms with van der Waals surface area (Å²) in [6, 6.07) is 5.85. The first-order chi connectivity index (χ1) is 9.78. The number of H-pyrrole nitrogens is 1. The molecule has 3 rings (SSSR count). The Morgan fingerprint density at radius 2 is 2.15 bits per heavy atom. The average molecular weight is 289 g/mol. The molecule has 0 aliphatic carbocycles. The fraction of sp³-hybridized carbons (Fsp3) is 0.231. The first-order valence-electron chi connectivity index (χ1n) is 6.29. The van der Waals surface area contributed by atoms with Gasteiger partial charge in [0.25, 0.3) is 0 Å². The van der Waals surface area contributed by atoms with E-state index in [-0.39, 0.29) is 5.28 Å². The van der Waals surface area contributed by atoms with Crippen LogP contribution < -0.4 is 4.90 Å². The van der Waals surface area contributed by atoms with E-state index in [1.807, 2.05) is 18.2 Å². The van der Waals surface area contributed by atoms with Crippen molar-refractivity contribution in [2.75, 3.05) is 11.4 Å². The zero-order valence-electron chi connectivity index (χ0n) is 10.9. The molecule has 3 heterocycles. The second-order valence-electron chi connectivity index (χ2n) is 4.25. The molecule has 1 N–H and O–H groups in total. The highest BCUT2D eigenvalue weighted by atomic mass is 35.5. The topological polar surface area (TPSA) is 70.6 Å². The van der Waals surface area contributed by atoms with Gasteiger partial charge in [-0.05, 0) is 30.7 Å². The molecule has 0 fully saturated rings. The monoisotopic (exact) mass is 288 g/mol. The van der Waals surface area contributed by atoms with E-state index < -0.39 is 0 Å². The third-order valence-corrected chi connectivity index (χ3v) is 3.17. The number of fused-ring (bicyclic) bond motifs is 1. The smallest absolute Gasteiger partial charge is 0.226 e. The summed E-state index contributed by atoms with van der Waals surface area (Å²) in [7, 11) is 0. The number of halogens is 1. The Balaban J connectivity index is 2.01. The lowest BCUT2D eigenvalue weighted by molar-refractivity contribution is 0.795. The maximum absolute atomic E-state index is 5.97. The first kappa shape index (κ1) is 12.8. The lowest BCUT2D eigenvalue weighted by atomic mass is 10.3. The molecule has 6 nitrogen and oxygen atoms in total. The number of aromatic amines is 1. The average Bonchev–Trinajstić information content (AvgIpc) is 2.93. The van der Waals surface area contributed by atoms with Crippen molar-refractivity contribution in [3.05, 3.63) is 41.7 Å². The van der Waals surface area contributed by atoms with Crippen LogP contribution in [0, 0.1) is 0 Å². The molecule has 0 aliphatic heterocycles. The van der Waals surface area contributed by atoms with Gasteiger partial charge >= 0.3 is 0 Å². The summed E-state index contributed by atoms with van der Waals surface area (Å²) in [4.78, 5) is 22.0. The molecule has 0 aliphatic rings. The molecule has 0 spiro atoms. The molecule has 7 heteroatoms. The van der Waals surface area contributed by atoms with E-state index >= 15 is 0 Å². The van der Waals surface area contributed by atoms with Crippen molar-refractivity contribution in [3.8, 4) is 0 Å². The molecule has 0 saturated carbocycles. The highest BCUT2D eigenvalue weighted by Gasteiger charge is 2.15. The second kappa shape index (κ2) is 5.42. The van der Waals surface area contributed by atoms with E-state index in [0.717, 1.165) is 23.6 Å². The highest BCUT2D eigenvalue weighted by Crippen LogP contribution is 2.23. The molecular formula is C13H13ClN6. The number of rotatable bonds is 4. The number of aromatic nitrogens is 5. The van der Waals surface area contributed by atoms with Gasteiger partial charge in [-0.3, -0.25) is 4.98 Å². The number of imidazole rings is 1. The molecule has 0 saturated heterocycles. The molecule has 0 amide bonds. The van der Waals surface area contributed by atoms with Crippen LogP contribution in [0.3, 0.4) is 0 Å². The minimum Gasteiger partial charge on any atom is -0.349 e. The molecular weight excluding hydrogens is 276 g/mol. The van der Waals surface area contributed by atoms with Crippen LogP contribution in [0.1, 0.15) is 12.6 Å². The number of anilines is 1. The van der Waals surface area contributed by atoms with Crippen LogP contribution >= 0.6 is 11.6 Å². The molecule has 0 bridgehead atoms. The maximum Gasteiger partial charge on any atom is 0.226 e. The predicted molar refractivity (Wildman–Crippen MR) is 77.7 cm³/mol. The Labute approximate surface area is 120 Å². The normalized spacial score (nSPS) is 10.9. The Hall–Kier alpha value is -2.21. The summed E-state index contributed by atoms with van der Waals surface area (Å²) in [6.45, 7) is 3.48. The van der Waals surface area contributed by atoms with Crippen molar-refractivity contribution < 1.29 is 0 Å². The molecule has 3 aromatic rings. The van der Waals surface area contributed by atoms with Crippen LogP contribution in [0.15, 0.2) is 30.7 Å². The minimum absolute atomic E-state index is 0.194. The van der Waals surface area contributed by atoms with Crippen LogP contribution in [0.4, 0.5) is 5.82 Å². The third-order valence-electron chi connectivity index (χ3n) is 3.00. The molecule has 20 heavy (non-hydrogen) atoms. The fourth-order valence-corrected chi connectivity index (χ4v) is 2.20. The number of nitrogens with one attached hydrogen (secondary N) is 1. The van der Waals surface area contributed by atoms with E-state index in [0.29, 0.717) is 12.2 Å². The molecule has 3 aromatic heterocycles. The summed E-state index contributed by atoms with van der Waals surface area (Å²) in [5.74, 6) is 0.741. The summed E-state index contributed by atoms with van der Waals surface area (Å²) < 4.78 is 0. The molecule has 0 atom stereocenters. The van der Waals surface area contributed by atoms with Gasteiger partial charge in [0.15, 0.2) is 11.5 Å². The molecule has 0 unspecified atom stereocenters. The number of hydrogen-bond acceptors (Lipinski definition) is 5. The van der Waals surface area contributed by atoms with Crippen molar-refractivity contribution in [1.82, 2.24) is 24.9 Å². The lowest BCUT2D eigenvalue weighted by Crippen LogP contribution is -2.24. The van der Waals surface area contributed by atoms with Gasteiger partial charge < -0.3 is 9.88 Å². The highest BCUT2D eigenvalue weighted by molar-refractivity contribution is 6.28. The maximum atomic E-state index is 5.97. The third kappa shape index (κ3) is 2.42. The molecule has 102 valence electrons. The van der Waals surface area contributed by atoms with Crippen molar-refractivity contribution in [3.63, 3.8) is 0 Å². The lowest BCUT2D eigenvalue weighted by Gasteiger charge is -2.21. The Morgan fingerprint density at radius 3 is 2.90 bits per heavy atom. The van der Waals surface area contributed by atoms with Crippen LogP contribution in [-0.4, -0.2) is 31.5 Å². The van der Waals surface area contributed by atoms with Gasteiger partial charge in [-0.25, -0.2) is 4.98 Å². The van der Waals surface area contributed by atoms with Crippen LogP contribution in [0.2, 0.25) is 5.28 Å². The quantitative estimate of drug-likeness (QED) is 0.747. The number of pyridine rings is 1. The number of nitrogens with zero attached hydrogens (tertiary/aromatic N) is 5. The summed E-state index contributed by atoms with van der Waals surface area (Å²) >= 11 is 5.97. The predicted octanol–water partition coefficient (Wildman–Crippen LogP) is 2.43. The van der Waals surface area contributed by atoms with Crippen LogP contribution in [0.25, 0.3) is 11.2 Å². The summed E-state index contributed by atoms with van der Waals surface area (Å²) in [6.07, 6.45) is 3.37.